The van der Waals surface area contributed by atoms with Crippen LogP contribution < -0.4 is 11.5 Å². The number of fused-ring (bicyclic) bond motifs is 5. The Morgan fingerprint density at radius 2 is 2.00 bits per heavy atom. The summed E-state index contributed by atoms with van der Waals surface area (Å²) in [6.45, 7) is 9.40. The van der Waals surface area contributed by atoms with Gasteiger partial charge in [-0.3, -0.25) is 4.79 Å². The van der Waals surface area contributed by atoms with E-state index in [2.05, 4.69) is 32.9 Å². The van der Waals surface area contributed by atoms with Gasteiger partial charge in [-0.25, -0.2) is 0 Å². The van der Waals surface area contributed by atoms with Crippen LogP contribution in [0.4, 0.5) is 0 Å². The molecule has 0 aliphatic heterocycles. The van der Waals surface area contributed by atoms with Crippen molar-refractivity contribution < 1.29 is 9.53 Å². The maximum absolute atomic E-state index is 12.7. The van der Waals surface area contributed by atoms with Gasteiger partial charge in [-0.1, -0.05) is 26.8 Å². The van der Waals surface area contributed by atoms with Crippen LogP contribution in [0.1, 0.15) is 66.2 Å². The van der Waals surface area contributed by atoms with E-state index in [1.807, 2.05) is 6.92 Å². The second-order valence-electron chi connectivity index (χ2n) is 9.69. The minimum Gasteiger partial charge on any atom is -0.498 e. The monoisotopic (exact) mass is 358 g/mol. The van der Waals surface area contributed by atoms with E-state index in [1.165, 1.54) is 5.57 Å². The molecule has 0 bridgehead atoms. The first kappa shape index (κ1) is 18.2. The number of allylic oxidation sites excluding steroid dienone is 2. The van der Waals surface area contributed by atoms with Crippen LogP contribution in [0, 0.1) is 22.7 Å². The van der Waals surface area contributed by atoms with E-state index in [1.54, 1.807) is 0 Å². The first-order valence-corrected chi connectivity index (χ1v) is 10.3. The van der Waals surface area contributed by atoms with E-state index >= 15 is 0 Å². The Labute approximate surface area is 157 Å². The molecule has 0 saturated heterocycles. The number of ketones is 1. The summed E-state index contributed by atoms with van der Waals surface area (Å²) in [6.07, 6.45) is 9.53. The molecule has 0 aromatic heterocycles. The van der Waals surface area contributed by atoms with Crippen molar-refractivity contribution in [3.63, 3.8) is 0 Å². The third-order valence-electron chi connectivity index (χ3n) is 8.69. The summed E-state index contributed by atoms with van der Waals surface area (Å²) in [5, 5.41) is 0. The Hall–Kier alpha value is -1.13. The highest BCUT2D eigenvalue weighted by atomic mass is 16.5. The lowest BCUT2D eigenvalue weighted by Crippen LogP contribution is -2.83. The minimum atomic E-state index is -0.527. The van der Waals surface area contributed by atoms with Gasteiger partial charge in [0.25, 0.3) is 0 Å². The Kier molecular flexibility index (Phi) is 3.82. The van der Waals surface area contributed by atoms with Crippen LogP contribution in [-0.4, -0.2) is 23.5 Å². The molecular formula is C22H34N2O2. The van der Waals surface area contributed by atoms with Crippen LogP contribution in [-0.2, 0) is 9.53 Å². The number of hydrogen-bond donors (Lipinski definition) is 2. The Morgan fingerprint density at radius 3 is 2.69 bits per heavy atom. The molecule has 0 aromatic rings. The lowest BCUT2D eigenvalue weighted by atomic mass is 9.39. The summed E-state index contributed by atoms with van der Waals surface area (Å²) in [5.41, 5.74) is 14.4. The van der Waals surface area contributed by atoms with Crippen molar-refractivity contribution in [3.8, 4) is 0 Å². The van der Waals surface area contributed by atoms with E-state index in [0.717, 1.165) is 37.9 Å². The molecule has 4 N–H and O–H groups in total. The second kappa shape index (κ2) is 5.45. The molecule has 0 radical (unpaired) electrons. The molecule has 2 saturated carbocycles. The highest BCUT2D eigenvalue weighted by Crippen LogP contribution is 2.67. The van der Waals surface area contributed by atoms with Crippen LogP contribution in [0.5, 0.6) is 0 Å². The van der Waals surface area contributed by atoms with Crippen molar-refractivity contribution in [2.75, 3.05) is 6.61 Å². The Balaban J connectivity index is 1.85. The van der Waals surface area contributed by atoms with Gasteiger partial charge in [-0.15, -0.1) is 0 Å². The fraction of sp³-hybridized carbons (Fsp3) is 0.773. The predicted octanol–water partition coefficient (Wildman–Crippen LogP) is 3.46. The van der Waals surface area contributed by atoms with Gasteiger partial charge in [0.1, 0.15) is 5.78 Å². The molecule has 4 aliphatic rings. The highest BCUT2D eigenvalue weighted by Gasteiger charge is 2.72. The third kappa shape index (κ3) is 1.90. The SMILES string of the molecule is CCOC1=CC2=CCC3(N)C4CCC(=O)[C@@]4(C)C[C@H](C)[C@]3(N)[C@@]2(C)CC1. The molecule has 2 fully saturated rings. The van der Waals surface area contributed by atoms with Crippen LogP contribution in [0.2, 0.25) is 0 Å². The molecule has 0 aromatic carbocycles. The molecule has 4 heteroatoms. The van der Waals surface area contributed by atoms with Crippen LogP contribution >= 0.6 is 0 Å². The fourth-order valence-corrected chi connectivity index (χ4v) is 7.30. The van der Waals surface area contributed by atoms with Gasteiger partial charge in [-0.2, -0.15) is 0 Å². The normalized spacial score (nSPS) is 50.3. The largest absolute Gasteiger partial charge is 0.498 e. The molecule has 0 spiro atoms. The molecule has 0 heterocycles. The van der Waals surface area contributed by atoms with Crippen molar-refractivity contribution in [3.05, 3.63) is 23.5 Å². The Bertz CT molecular complexity index is 713. The van der Waals surface area contributed by atoms with E-state index in [-0.39, 0.29) is 22.7 Å². The van der Waals surface area contributed by atoms with Gasteiger partial charge in [0, 0.05) is 34.7 Å². The van der Waals surface area contributed by atoms with E-state index in [4.69, 9.17) is 16.2 Å². The molecule has 6 atom stereocenters. The lowest BCUT2D eigenvalue weighted by molar-refractivity contribution is -0.140. The van der Waals surface area contributed by atoms with Gasteiger partial charge in [0.15, 0.2) is 0 Å². The van der Waals surface area contributed by atoms with Crippen LogP contribution in [0.3, 0.4) is 0 Å². The summed E-state index contributed by atoms with van der Waals surface area (Å²) < 4.78 is 5.80. The second-order valence-corrected chi connectivity index (χ2v) is 9.69. The van der Waals surface area contributed by atoms with Crippen molar-refractivity contribution in [1.82, 2.24) is 0 Å². The minimum absolute atomic E-state index is 0.174. The van der Waals surface area contributed by atoms with Gasteiger partial charge in [0.05, 0.1) is 12.4 Å². The average Bonchev–Trinajstić information content (AvgIpc) is 2.88. The van der Waals surface area contributed by atoms with Crippen molar-refractivity contribution >= 4 is 5.78 Å². The van der Waals surface area contributed by atoms with Gasteiger partial charge >= 0.3 is 0 Å². The zero-order valence-corrected chi connectivity index (χ0v) is 16.7. The quantitative estimate of drug-likeness (QED) is 0.792. The molecule has 2 unspecified atom stereocenters. The van der Waals surface area contributed by atoms with Gasteiger partial charge in [0.2, 0.25) is 0 Å². The summed E-state index contributed by atoms with van der Waals surface area (Å²) >= 11 is 0. The average molecular weight is 359 g/mol. The smallest absolute Gasteiger partial charge is 0.139 e. The molecule has 0 amide bonds. The number of nitrogens with two attached hydrogens (primary N) is 2. The van der Waals surface area contributed by atoms with Crippen LogP contribution in [0.25, 0.3) is 0 Å². The molecular weight excluding hydrogens is 324 g/mol. The first-order valence-electron chi connectivity index (χ1n) is 10.3. The fourth-order valence-electron chi connectivity index (χ4n) is 7.30. The molecule has 26 heavy (non-hydrogen) atoms. The summed E-state index contributed by atoms with van der Waals surface area (Å²) in [6, 6.07) is 0. The number of rotatable bonds is 2. The predicted molar refractivity (Wildman–Crippen MR) is 103 cm³/mol. The Morgan fingerprint density at radius 1 is 1.27 bits per heavy atom. The zero-order valence-electron chi connectivity index (χ0n) is 16.7. The third-order valence-corrected chi connectivity index (χ3v) is 8.69. The number of hydrogen-bond acceptors (Lipinski definition) is 4. The van der Waals surface area contributed by atoms with E-state index in [9.17, 15) is 4.79 Å². The van der Waals surface area contributed by atoms with Gasteiger partial charge < -0.3 is 16.2 Å². The lowest BCUT2D eigenvalue weighted by Gasteiger charge is -2.69. The number of carbonyl (C=O) groups is 1. The number of carbonyl (C=O) groups excluding carboxylic acids is 1. The number of Topliss-reactive ketones (excluding diaryl/α,β-unsaturated/α-hetero) is 1. The molecule has 144 valence electrons. The zero-order chi connectivity index (χ0) is 19.0. The maximum Gasteiger partial charge on any atom is 0.139 e. The standard InChI is InChI=1S/C22H34N2O2/c1-5-26-16-9-10-20(4)15(12-16)8-11-21(23)17-6-7-18(25)19(17,3)13-14(2)22(20,21)24/h8,12,14,17H,5-7,9-11,13,23-24H2,1-4H3/t14-,17?,19-,20-,21?,22-/m0/s1. The van der Waals surface area contributed by atoms with E-state index < -0.39 is 11.1 Å². The van der Waals surface area contributed by atoms with Crippen molar-refractivity contribution in [1.29, 1.82) is 0 Å². The number of ether oxygens (including phenoxy) is 1. The van der Waals surface area contributed by atoms with Gasteiger partial charge in [-0.05, 0) is 56.1 Å². The highest BCUT2D eigenvalue weighted by molar-refractivity contribution is 5.87. The summed E-state index contributed by atoms with van der Waals surface area (Å²) in [4.78, 5) is 12.7. The molecule has 4 nitrogen and oxygen atoms in total. The van der Waals surface area contributed by atoms with Crippen molar-refractivity contribution in [2.45, 2.75) is 77.3 Å². The molecule has 4 rings (SSSR count). The summed E-state index contributed by atoms with van der Waals surface area (Å²) in [5.74, 6) is 1.83. The maximum atomic E-state index is 12.7. The first-order chi connectivity index (χ1) is 12.1. The topological polar surface area (TPSA) is 78.3 Å². The summed E-state index contributed by atoms with van der Waals surface area (Å²) in [7, 11) is 0. The van der Waals surface area contributed by atoms with Crippen LogP contribution in [0.15, 0.2) is 23.5 Å². The molecule has 4 aliphatic carbocycles. The van der Waals surface area contributed by atoms with E-state index in [0.29, 0.717) is 18.8 Å². The van der Waals surface area contributed by atoms with Crippen molar-refractivity contribution in [2.24, 2.45) is 34.1 Å².